The Balaban J connectivity index is 1.84. The van der Waals surface area contributed by atoms with E-state index in [9.17, 15) is 4.39 Å². The highest BCUT2D eigenvalue weighted by molar-refractivity contribution is 6.31. The Morgan fingerprint density at radius 3 is 2.46 bits per heavy atom. The molecule has 122 valence electrons. The van der Waals surface area contributed by atoms with E-state index in [2.05, 4.69) is 25.6 Å². The minimum absolute atomic E-state index is 0.00910. The lowest BCUT2D eigenvalue weighted by molar-refractivity contribution is 0.628. The standard InChI is InChI=1S/C16H14ClFN6/c1-9-2-5-13(20-7-9)24-16-14(19)15(21-8-22-16)23-10-3-4-12(18)11(17)6-10/h2-8H,19H2,1H3,(H2,20,21,22,23,24). The highest BCUT2D eigenvalue weighted by atomic mass is 35.5. The molecular weight excluding hydrogens is 331 g/mol. The number of nitrogens with zero attached hydrogens (tertiary/aromatic N) is 3. The lowest BCUT2D eigenvalue weighted by atomic mass is 10.3. The predicted octanol–water partition coefficient (Wildman–Crippen LogP) is 4.04. The molecule has 0 aliphatic heterocycles. The van der Waals surface area contributed by atoms with Crippen LogP contribution in [0.2, 0.25) is 5.02 Å². The number of halogens is 2. The molecule has 2 aromatic heterocycles. The first-order valence-corrected chi connectivity index (χ1v) is 7.43. The molecule has 4 N–H and O–H groups in total. The van der Waals surface area contributed by atoms with Crippen molar-refractivity contribution in [3.63, 3.8) is 0 Å². The van der Waals surface area contributed by atoms with Gasteiger partial charge in [-0.05, 0) is 36.8 Å². The van der Waals surface area contributed by atoms with Gasteiger partial charge in [0, 0.05) is 11.9 Å². The van der Waals surface area contributed by atoms with Crippen LogP contribution in [0, 0.1) is 12.7 Å². The quantitative estimate of drug-likeness (QED) is 0.662. The minimum atomic E-state index is -0.495. The van der Waals surface area contributed by atoms with E-state index in [0.717, 1.165) is 5.56 Å². The second-order valence-corrected chi connectivity index (χ2v) is 5.49. The molecule has 1 aromatic carbocycles. The molecule has 0 saturated heterocycles. The SMILES string of the molecule is Cc1ccc(Nc2ncnc(Nc3ccc(F)c(Cl)c3)c2N)nc1. The number of hydrogen-bond acceptors (Lipinski definition) is 6. The molecule has 0 unspecified atom stereocenters. The maximum Gasteiger partial charge on any atom is 0.160 e. The van der Waals surface area contributed by atoms with E-state index in [1.807, 2.05) is 19.1 Å². The number of nitrogens with one attached hydrogen (secondary N) is 2. The number of rotatable bonds is 4. The third-order valence-corrected chi connectivity index (χ3v) is 3.51. The molecule has 0 aliphatic rings. The van der Waals surface area contributed by atoms with Gasteiger partial charge in [-0.3, -0.25) is 0 Å². The number of aromatic nitrogens is 3. The maximum absolute atomic E-state index is 13.2. The topological polar surface area (TPSA) is 88.8 Å². The molecule has 6 nitrogen and oxygen atoms in total. The summed E-state index contributed by atoms with van der Waals surface area (Å²) in [6.07, 6.45) is 3.10. The van der Waals surface area contributed by atoms with Gasteiger partial charge in [0.1, 0.15) is 23.6 Å². The van der Waals surface area contributed by atoms with E-state index in [1.54, 1.807) is 6.20 Å². The molecule has 0 atom stereocenters. The van der Waals surface area contributed by atoms with E-state index in [-0.39, 0.29) is 5.02 Å². The van der Waals surface area contributed by atoms with Crippen LogP contribution in [0.1, 0.15) is 5.56 Å². The van der Waals surface area contributed by atoms with Gasteiger partial charge in [0.05, 0.1) is 5.02 Å². The van der Waals surface area contributed by atoms with Gasteiger partial charge < -0.3 is 16.4 Å². The van der Waals surface area contributed by atoms with Crippen LogP contribution in [0.25, 0.3) is 0 Å². The van der Waals surface area contributed by atoms with Crippen LogP contribution in [-0.2, 0) is 0 Å². The second kappa shape index (κ2) is 6.67. The fraction of sp³-hybridized carbons (Fsp3) is 0.0625. The average Bonchev–Trinajstić information content (AvgIpc) is 2.57. The van der Waals surface area contributed by atoms with Gasteiger partial charge in [0.25, 0.3) is 0 Å². The molecule has 0 bridgehead atoms. The molecule has 24 heavy (non-hydrogen) atoms. The Morgan fingerprint density at radius 1 is 1.04 bits per heavy atom. The number of pyridine rings is 1. The summed E-state index contributed by atoms with van der Waals surface area (Å²) in [7, 11) is 0. The summed E-state index contributed by atoms with van der Waals surface area (Å²) in [5.41, 5.74) is 8.01. The summed E-state index contributed by atoms with van der Waals surface area (Å²) in [6.45, 7) is 1.95. The van der Waals surface area contributed by atoms with Gasteiger partial charge in [-0.1, -0.05) is 17.7 Å². The van der Waals surface area contributed by atoms with Gasteiger partial charge in [-0.15, -0.1) is 0 Å². The fourth-order valence-corrected chi connectivity index (χ4v) is 2.15. The van der Waals surface area contributed by atoms with Crippen molar-refractivity contribution in [1.82, 2.24) is 15.0 Å². The monoisotopic (exact) mass is 344 g/mol. The summed E-state index contributed by atoms with van der Waals surface area (Å²) in [4.78, 5) is 12.5. The zero-order valence-corrected chi connectivity index (χ0v) is 13.5. The van der Waals surface area contributed by atoms with Crippen molar-refractivity contribution in [3.8, 4) is 0 Å². The molecule has 0 spiro atoms. The molecule has 3 rings (SSSR count). The van der Waals surface area contributed by atoms with Crippen LogP contribution in [-0.4, -0.2) is 15.0 Å². The van der Waals surface area contributed by atoms with Crippen molar-refractivity contribution in [1.29, 1.82) is 0 Å². The van der Waals surface area contributed by atoms with Crippen molar-refractivity contribution >= 4 is 40.4 Å². The largest absolute Gasteiger partial charge is 0.393 e. The average molecular weight is 345 g/mol. The van der Waals surface area contributed by atoms with Crippen LogP contribution in [0.4, 0.5) is 33.2 Å². The Morgan fingerprint density at radius 2 is 1.79 bits per heavy atom. The van der Waals surface area contributed by atoms with Crippen molar-refractivity contribution in [3.05, 3.63) is 59.3 Å². The molecular formula is C16H14ClFN6. The molecule has 0 saturated carbocycles. The van der Waals surface area contributed by atoms with Crippen molar-refractivity contribution in [2.24, 2.45) is 0 Å². The first kappa shape index (κ1) is 15.9. The lowest BCUT2D eigenvalue weighted by Crippen LogP contribution is -2.06. The number of nitrogens with two attached hydrogens (primary N) is 1. The van der Waals surface area contributed by atoms with Crippen LogP contribution in [0.3, 0.4) is 0 Å². The zero-order valence-electron chi connectivity index (χ0n) is 12.7. The van der Waals surface area contributed by atoms with Crippen LogP contribution in [0.15, 0.2) is 42.9 Å². The summed E-state index contributed by atoms with van der Waals surface area (Å²) >= 11 is 5.77. The normalized spacial score (nSPS) is 10.5. The highest BCUT2D eigenvalue weighted by Crippen LogP contribution is 2.29. The fourth-order valence-electron chi connectivity index (χ4n) is 1.97. The Kier molecular flexibility index (Phi) is 4.43. The first-order chi connectivity index (χ1) is 11.5. The maximum atomic E-state index is 13.2. The molecule has 8 heteroatoms. The molecule has 2 heterocycles. The van der Waals surface area contributed by atoms with Crippen molar-refractivity contribution < 1.29 is 4.39 Å². The van der Waals surface area contributed by atoms with Gasteiger partial charge >= 0.3 is 0 Å². The van der Waals surface area contributed by atoms with Gasteiger partial charge in [-0.2, -0.15) is 0 Å². The number of aryl methyl sites for hydroxylation is 1. The smallest absolute Gasteiger partial charge is 0.160 e. The third kappa shape index (κ3) is 3.52. The van der Waals surface area contributed by atoms with E-state index >= 15 is 0 Å². The predicted molar refractivity (Wildman–Crippen MR) is 93.4 cm³/mol. The number of anilines is 5. The first-order valence-electron chi connectivity index (χ1n) is 7.05. The van der Waals surface area contributed by atoms with Crippen LogP contribution >= 0.6 is 11.6 Å². The number of nitrogen functional groups attached to an aromatic ring is 1. The second-order valence-electron chi connectivity index (χ2n) is 5.08. The van der Waals surface area contributed by atoms with Crippen molar-refractivity contribution in [2.75, 3.05) is 16.4 Å². The van der Waals surface area contributed by atoms with Gasteiger partial charge in [-0.25, -0.2) is 19.3 Å². The van der Waals surface area contributed by atoms with Gasteiger partial charge in [0.2, 0.25) is 0 Å². The Bertz CT molecular complexity index is 869. The summed E-state index contributed by atoms with van der Waals surface area (Å²) in [5.74, 6) is 0.909. The number of benzene rings is 1. The van der Waals surface area contributed by atoms with Crippen LogP contribution in [0.5, 0.6) is 0 Å². The van der Waals surface area contributed by atoms with E-state index in [4.69, 9.17) is 17.3 Å². The highest BCUT2D eigenvalue weighted by Gasteiger charge is 2.10. The molecule has 0 aliphatic carbocycles. The van der Waals surface area contributed by atoms with Gasteiger partial charge in [0.15, 0.2) is 11.6 Å². The third-order valence-electron chi connectivity index (χ3n) is 3.22. The minimum Gasteiger partial charge on any atom is -0.393 e. The molecule has 0 fully saturated rings. The Hall–Kier alpha value is -2.93. The number of hydrogen-bond donors (Lipinski definition) is 3. The van der Waals surface area contributed by atoms with Crippen LogP contribution < -0.4 is 16.4 Å². The summed E-state index contributed by atoms with van der Waals surface area (Å²) in [5, 5.41) is 6.03. The Labute approximate surface area is 142 Å². The summed E-state index contributed by atoms with van der Waals surface area (Å²) < 4.78 is 13.2. The lowest BCUT2D eigenvalue weighted by Gasteiger charge is -2.12. The molecule has 0 amide bonds. The van der Waals surface area contributed by atoms with Crippen molar-refractivity contribution in [2.45, 2.75) is 6.92 Å². The summed E-state index contributed by atoms with van der Waals surface area (Å²) in [6, 6.07) is 8.00. The van der Waals surface area contributed by atoms with E-state index < -0.39 is 5.82 Å². The van der Waals surface area contributed by atoms with E-state index in [1.165, 1.54) is 24.5 Å². The molecule has 3 aromatic rings. The molecule has 0 radical (unpaired) electrons. The zero-order chi connectivity index (χ0) is 17.1. The van der Waals surface area contributed by atoms with E-state index in [0.29, 0.717) is 28.8 Å².